The summed E-state index contributed by atoms with van der Waals surface area (Å²) in [4.78, 5) is 63.9. The molecule has 2 aromatic rings. The number of aromatic hydroxyl groups is 1. The fraction of sp³-hybridized carbons (Fsp3) is 0.393. The molecular formula is C28H36N6O6. The van der Waals surface area contributed by atoms with Crippen molar-refractivity contribution in [3.8, 4) is 5.75 Å². The van der Waals surface area contributed by atoms with Crippen molar-refractivity contribution in [1.82, 2.24) is 21.3 Å². The Bertz CT molecular complexity index is 1190. The summed E-state index contributed by atoms with van der Waals surface area (Å²) in [6, 6.07) is 11.0. The minimum atomic E-state index is -1.20. The maximum atomic E-state index is 13.4. The van der Waals surface area contributed by atoms with Gasteiger partial charge in [-0.3, -0.25) is 24.0 Å². The molecule has 4 atom stereocenters. The Hall–Kier alpha value is -4.45. The van der Waals surface area contributed by atoms with Crippen LogP contribution in [0.1, 0.15) is 36.8 Å². The fourth-order valence-electron chi connectivity index (χ4n) is 4.35. The van der Waals surface area contributed by atoms with E-state index in [9.17, 15) is 29.1 Å². The van der Waals surface area contributed by atoms with Crippen molar-refractivity contribution in [2.24, 2.45) is 11.5 Å². The molecule has 0 aromatic heterocycles. The number of hydrogen-bond donors (Lipinski definition) is 7. The van der Waals surface area contributed by atoms with E-state index in [1.807, 2.05) is 6.07 Å². The van der Waals surface area contributed by atoms with Crippen LogP contribution in [0.5, 0.6) is 5.75 Å². The van der Waals surface area contributed by atoms with Crippen molar-refractivity contribution in [2.45, 2.75) is 62.7 Å². The van der Waals surface area contributed by atoms with Crippen LogP contribution < -0.4 is 32.7 Å². The van der Waals surface area contributed by atoms with Crippen LogP contribution in [0.25, 0.3) is 0 Å². The molecule has 40 heavy (non-hydrogen) atoms. The van der Waals surface area contributed by atoms with Gasteiger partial charge in [-0.15, -0.1) is 0 Å². The lowest BCUT2D eigenvalue weighted by Crippen LogP contribution is -2.58. The summed E-state index contributed by atoms with van der Waals surface area (Å²) in [7, 11) is 0. The van der Waals surface area contributed by atoms with Gasteiger partial charge in [0.15, 0.2) is 0 Å². The van der Waals surface area contributed by atoms with Crippen molar-refractivity contribution in [3.05, 3.63) is 65.7 Å². The minimum Gasteiger partial charge on any atom is -0.508 e. The van der Waals surface area contributed by atoms with E-state index in [0.29, 0.717) is 12.8 Å². The first-order valence-corrected chi connectivity index (χ1v) is 13.2. The van der Waals surface area contributed by atoms with Crippen LogP contribution in [0.4, 0.5) is 0 Å². The summed E-state index contributed by atoms with van der Waals surface area (Å²) in [5.41, 5.74) is 12.9. The number of nitrogens with one attached hydrogen (secondary N) is 4. The summed E-state index contributed by atoms with van der Waals surface area (Å²) in [6.45, 7) is 0.236. The smallest absolute Gasteiger partial charge is 0.243 e. The average molecular weight is 553 g/mol. The zero-order valence-corrected chi connectivity index (χ0v) is 22.1. The third kappa shape index (κ3) is 9.38. The van der Waals surface area contributed by atoms with E-state index >= 15 is 0 Å². The Morgan fingerprint density at radius 3 is 2.25 bits per heavy atom. The third-order valence-electron chi connectivity index (χ3n) is 6.53. The lowest BCUT2D eigenvalue weighted by atomic mass is 10.0. The maximum Gasteiger partial charge on any atom is 0.243 e. The van der Waals surface area contributed by atoms with Crippen LogP contribution in [-0.4, -0.2) is 65.4 Å². The Labute approximate surface area is 232 Å². The molecule has 9 N–H and O–H groups in total. The van der Waals surface area contributed by atoms with Crippen LogP contribution in [0.15, 0.2) is 54.6 Å². The van der Waals surface area contributed by atoms with Crippen molar-refractivity contribution in [1.29, 1.82) is 0 Å². The van der Waals surface area contributed by atoms with Gasteiger partial charge in [0.1, 0.15) is 23.9 Å². The Morgan fingerprint density at radius 1 is 0.900 bits per heavy atom. The first-order valence-electron chi connectivity index (χ1n) is 13.2. The number of phenols is 1. The van der Waals surface area contributed by atoms with E-state index in [1.54, 1.807) is 36.4 Å². The molecule has 5 amide bonds. The largest absolute Gasteiger partial charge is 0.508 e. The number of amides is 5. The van der Waals surface area contributed by atoms with Crippen LogP contribution in [0.3, 0.4) is 0 Å². The summed E-state index contributed by atoms with van der Waals surface area (Å²) in [6.07, 6.45) is 1.08. The Balaban J connectivity index is 1.79. The van der Waals surface area contributed by atoms with Gasteiger partial charge in [0.2, 0.25) is 29.5 Å². The average Bonchev–Trinajstić information content (AvgIpc) is 2.92. The molecule has 0 radical (unpaired) electrons. The molecule has 0 spiro atoms. The molecule has 1 aliphatic rings. The molecule has 0 saturated carbocycles. The van der Waals surface area contributed by atoms with Crippen LogP contribution >= 0.6 is 0 Å². The lowest BCUT2D eigenvalue weighted by molar-refractivity contribution is -0.134. The number of carbonyl (C=O) groups excluding carboxylic acids is 5. The molecule has 2 unspecified atom stereocenters. The normalized spacial score (nSPS) is 21.3. The molecular weight excluding hydrogens is 516 g/mol. The number of carbonyl (C=O) groups is 5. The molecule has 12 nitrogen and oxygen atoms in total. The van der Waals surface area contributed by atoms with Gasteiger partial charge in [-0.2, -0.15) is 0 Å². The van der Waals surface area contributed by atoms with E-state index in [0.717, 1.165) is 11.1 Å². The monoisotopic (exact) mass is 552 g/mol. The zero-order chi connectivity index (χ0) is 29.1. The number of rotatable bonds is 8. The summed E-state index contributed by atoms with van der Waals surface area (Å²) in [5, 5.41) is 20.1. The predicted molar refractivity (Wildman–Crippen MR) is 146 cm³/mol. The Kier molecular flexibility index (Phi) is 11.0. The van der Waals surface area contributed by atoms with Crippen molar-refractivity contribution in [3.63, 3.8) is 0 Å². The number of nitrogens with two attached hydrogens (primary N) is 2. The highest BCUT2D eigenvalue weighted by Gasteiger charge is 2.31. The molecule has 1 heterocycles. The maximum absolute atomic E-state index is 13.4. The summed E-state index contributed by atoms with van der Waals surface area (Å²) in [5.74, 6) is -3.02. The van der Waals surface area contributed by atoms with Crippen LogP contribution in [0, 0.1) is 0 Å². The summed E-state index contributed by atoms with van der Waals surface area (Å²) < 4.78 is 0. The van der Waals surface area contributed by atoms with Gasteiger partial charge < -0.3 is 37.8 Å². The van der Waals surface area contributed by atoms with E-state index in [1.165, 1.54) is 12.1 Å². The standard InChI is InChI=1S/C28H36N6O6/c29-20(14-18-9-11-19(35)12-10-18)25(37)32-21-8-4-5-13-31-26(38)23(16-24(30)36)34-28(40)22(33-27(21)39)15-17-6-2-1-3-7-17/h1-3,6-7,9-12,20-23,35H,4-5,8,13-16,29H2,(H2,30,36)(H,31,38)(H,32,37)(H,33,39)(H,34,40)/t20-,21?,22?,23-/m0/s1. The van der Waals surface area contributed by atoms with Gasteiger partial charge in [-0.05, 0) is 48.9 Å². The van der Waals surface area contributed by atoms with Gasteiger partial charge in [0.25, 0.3) is 0 Å². The van der Waals surface area contributed by atoms with E-state index in [-0.39, 0.29) is 31.6 Å². The van der Waals surface area contributed by atoms with E-state index in [4.69, 9.17) is 11.5 Å². The van der Waals surface area contributed by atoms with Crippen LogP contribution in [0.2, 0.25) is 0 Å². The SMILES string of the molecule is NC(=O)C[C@@H]1NC(=O)C(Cc2ccccc2)NC(=O)C(NC(=O)[C@@H](N)Cc2ccc(O)cc2)CCCCNC1=O. The first-order chi connectivity index (χ1) is 19.1. The second kappa shape index (κ2) is 14.6. The van der Waals surface area contributed by atoms with Crippen molar-refractivity contribution < 1.29 is 29.1 Å². The lowest BCUT2D eigenvalue weighted by Gasteiger charge is -2.25. The molecule has 12 heteroatoms. The molecule has 2 aromatic carbocycles. The van der Waals surface area contributed by atoms with Gasteiger partial charge >= 0.3 is 0 Å². The molecule has 1 aliphatic heterocycles. The molecule has 1 saturated heterocycles. The number of hydrogen-bond acceptors (Lipinski definition) is 7. The van der Waals surface area contributed by atoms with Gasteiger partial charge in [0.05, 0.1) is 12.5 Å². The molecule has 3 rings (SSSR count). The molecule has 0 bridgehead atoms. The topological polar surface area (TPSA) is 206 Å². The van der Waals surface area contributed by atoms with E-state index < -0.39 is 60.1 Å². The minimum absolute atomic E-state index is 0.0914. The quantitative estimate of drug-likeness (QED) is 0.220. The fourth-order valence-corrected chi connectivity index (χ4v) is 4.35. The highest BCUT2D eigenvalue weighted by molar-refractivity contribution is 5.96. The first kappa shape index (κ1) is 30.1. The highest BCUT2D eigenvalue weighted by atomic mass is 16.3. The van der Waals surface area contributed by atoms with Gasteiger partial charge in [-0.25, -0.2) is 0 Å². The number of phenolic OH excluding ortho intramolecular Hbond substituents is 1. The number of benzene rings is 2. The van der Waals surface area contributed by atoms with Gasteiger partial charge in [0, 0.05) is 13.0 Å². The third-order valence-corrected chi connectivity index (χ3v) is 6.53. The molecule has 0 aliphatic carbocycles. The van der Waals surface area contributed by atoms with Crippen molar-refractivity contribution >= 4 is 29.5 Å². The predicted octanol–water partition coefficient (Wildman–Crippen LogP) is -0.865. The Morgan fingerprint density at radius 2 is 1.57 bits per heavy atom. The molecule has 1 fully saturated rings. The second-order valence-corrected chi connectivity index (χ2v) is 9.81. The highest BCUT2D eigenvalue weighted by Crippen LogP contribution is 2.12. The van der Waals surface area contributed by atoms with E-state index in [2.05, 4.69) is 21.3 Å². The van der Waals surface area contributed by atoms with Crippen molar-refractivity contribution in [2.75, 3.05) is 6.54 Å². The van der Waals surface area contributed by atoms with Gasteiger partial charge in [-0.1, -0.05) is 42.5 Å². The second-order valence-electron chi connectivity index (χ2n) is 9.81. The zero-order valence-electron chi connectivity index (χ0n) is 22.1. The van der Waals surface area contributed by atoms with Crippen LogP contribution in [-0.2, 0) is 36.8 Å². The molecule has 214 valence electrons. The number of primary amides is 1. The summed E-state index contributed by atoms with van der Waals surface area (Å²) >= 11 is 0.